The summed E-state index contributed by atoms with van der Waals surface area (Å²) in [6, 6.07) is 7.93. The number of rotatable bonds is 6. The van der Waals surface area contributed by atoms with Crippen LogP contribution in [0.25, 0.3) is 33.5 Å². The van der Waals surface area contributed by atoms with Crippen LogP contribution in [0.15, 0.2) is 43.0 Å². The maximum Gasteiger partial charge on any atom is 0.156 e. The molecule has 0 radical (unpaired) electrons. The van der Waals surface area contributed by atoms with Gasteiger partial charge < -0.3 is 19.7 Å². The van der Waals surface area contributed by atoms with Gasteiger partial charge in [0.2, 0.25) is 0 Å². The number of fused-ring (bicyclic) bond motifs is 1. The Morgan fingerprint density at radius 1 is 1.03 bits per heavy atom. The summed E-state index contributed by atoms with van der Waals surface area (Å²) in [6.07, 6.45) is 12.8. The van der Waals surface area contributed by atoms with Crippen LogP contribution in [-0.2, 0) is 6.54 Å². The molecular weight excluding hydrogens is 460 g/mol. The zero-order chi connectivity index (χ0) is 25.5. The number of aromatic nitrogens is 5. The third kappa shape index (κ3) is 4.88. The van der Waals surface area contributed by atoms with Gasteiger partial charge in [0, 0.05) is 53.9 Å². The summed E-state index contributed by atoms with van der Waals surface area (Å²) in [6.45, 7) is 6.57. The van der Waals surface area contributed by atoms with E-state index in [4.69, 9.17) is 15.1 Å². The Balaban J connectivity index is 1.36. The van der Waals surface area contributed by atoms with Crippen molar-refractivity contribution in [3.05, 3.63) is 48.5 Å². The summed E-state index contributed by atoms with van der Waals surface area (Å²) in [7, 11) is 6.43. The number of hydrogen-bond donors (Lipinski definition) is 1. The number of nitrogens with zero attached hydrogens (tertiary/aromatic N) is 7. The first-order valence-electron chi connectivity index (χ1n) is 13.6. The van der Waals surface area contributed by atoms with E-state index in [1.54, 1.807) is 0 Å². The molecule has 2 fully saturated rings. The van der Waals surface area contributed by atoms with E-state index >= 15 is 0 Å². The van der Waals surface area contributed by atoms with Crippen LogP contribution in [0.1, 0.15) is 44.2 Å². The smallest absolute Gasteiger partial charge is 0.156 e. The summed E-state index contributed by atoms with van der Waals surface area (Å²) in [5.41, 5.74) is 8.47. The molecule has 0 bridgehead atoms. The summed E-state index contributed by atoms with van der Waals surface area (Å²) in [5, 5.41) is 4.74. The molecule has 3 aromatic heterocycles. The summed E-state index contributed by atoms with van der Waals surface area (Å²) >= 11 is 0. The predicted molar refractivity (Wildman–Crippen MR) is 150 cm³/mol. The largest absolute Gasteiger partial charge is 0.369 e. The Morgan fingerprint density at radius 3 is 2.62 bits per heavy atom. The fourth-order valence-corrected chi connectivity index (χ4v) is 5.95. The van der Waals surface area contributed by atoms with Crippen LogP contribution in [0.5, 0.6) is 0 Å². The number of benzene rings is 1. The number of anilines is 1. The van der Waals surface area contributed by atoms with Gasteiger partial charge in [0.05, 0.1) is 24.1 Å². The Hall–Kier alpha value is -3.23. The van der Waals surface area contributed by atoms with Crippen molar-refractivity contribution >= 4 is 16.9 Å². The SMILES string of the molecule is CC1CCCN1c1cc(CN(C)C)cc(-c2cnc3[nH]cc(-c4cnn(C5CCN(C)CC5)c4)c3n2)c1. The van der Waals surface area contributed by atoms with E-state index in [9.17, 15) is 0 Å². The van der Waals surface area contributed by atoms with Crippen molar-refractivity contribution in [1.82, 2.24) is 34.5 Å². The van der Waals surface area contributed by atoms with Gasteiger partial charge >= 0.3 is 0 Å². The summed E-state index contributed by atoms with van der Waals surface area (Å²) in [4.78, 5) is 20.4. The third-order valence-electron chi connectivity index (χ3n) is 8.01. The van der Waals surface area contributed by atoms with E-state index in [0.29, 0.717) is 12.1 Å². The van der Waals surface area contributed by atoms with Crippen molar-refractivity contribution in [3.8, 4) is 22.4 Å². The van der Waals surface area contributed by atoms with E-state index in [0.717, 1.165) is 72.6 Å². The van der Waals surface area contributed by atoms with Gasteiger partial charge in [-0.1, -0.05) is 0 Å². The fourth-order valence-electron chi connectivity index (χ4n) is 5.95. The first kappa shape index (κ1) is 24.1. The van der Waals surface area contributed by atoms with Crippen molar-refractivity contribution in [3.63, 3.8) is 0 Å². The molecule has 0 saturated carbocycles. The lowest BCUT2D eigenvalue weighted by molar-refractivity contribution is 0.212. The van der Waals surface area contributed by atoms with Gasteiger partial charge in [0.25, 0.3) is 0 Å². The van der Waals surface area contributed by atoms with Crippen molar-refractivity contribution < 1.29 is 0 Å². The second-order valence-electron chi connectivity index (χ2n) is 11.2. The second-order valence-corrected chi connectivity index (χ2v) is 11.2. The normalized spacial score (nSPS) is 19.5. The van der Waals surface area contributed by atoms with Gasteiger partial charge in [0.15, 0.2) is 5.65 Å². The molecule has 6 rings (SSSR count). The standard InChI is InChI=1S/C29H38N8/c1-20-6-5-9-36(20)25-13-21(18-34(2)3)12-22(14-25)27-17-31-29-28(33-27)26(16-30-29)23-15-32-37(19-23)24-7-10-35(4)11-8-24/h12-17,19-20,24H,5-11,18H2,1-4H3,(H,30,31). The van der Waals surface area contributed by atoms with Crippen molar-refractivity contribution in [1.29, 1.82) is 0 Å². The number of nitrogens with one attached hydrogen (secondary N) is 1. The van der Waals surface area contributed by atoms with Crippen LogP contribution < -0.4 is 4.90 Å². The van der Waals surface area contributed by atoms with Crippen molar-refractivity contribution in [2.75, 3.05) is 45.7 Å². The van der Waals surface area contributed by atoms with Gasteiger partial charge in [-0.25, -0.2) is 9.97 Å². The molecule has 1 atom stereocenters. The molecule has 4 aromatic rings. The van der Waals surface area contributed by atoms with Gasteiger partial charge in [-0.3, -0.25) is 4.68 Å². The van der Waals surface area contributed by atoms with Crippen LogP contribution in [-0.4, -0.2) is 81.4 Å². The van der Waals surface area contributed by atoms with Crippen LogP contribution >= 0.6 is 0 Å². The van der Waals surface area contributed by atoms with Crippen molar-refractivity contribution in [2.24, 2.45) is 0 Å². The highest BCUT2D eigenvalue weighted by Gasteiger charge is 2.23. The minimum Gasteiger partial charge on any atom is -0.369 e. The Labute approximate surface area is 219 Å². The second kappa shape index (κ2) is 9.91. The van der Waals surface area contributed by atoms with Crippen LogP contribution in [0, 0.1) is 0 Å². The highest BCUT2D eigenvalue weighted by atomic mass is 15.3. The number of H-pyrrole nitrogens is 1. The van der Waals surface area contributed by atoms with Crippen LogP contribution in [0.3, 0.4) is 0 Å². The van der Waals surface area contributed by atoms with Gasteiger partial charge in [-0.2, -0.15) is 5.10 Å². The first-order valence-corrected chi connectivity index (χ1v) is 13.6. The molecule has 1 unspecified atom stereocenters. The highest BCUT2D eigenvalue weighted by Crippen LogP contribution is 2.33. The molecule has 194 valence electrons. The summed E-state index contributed by atoms with van der Waals surface area (Å²) < 4.78 is 2.15. The Morgan fingerprint density at radius 2 is 1.86 bits per heavy atom. The zero-order valence-electron chi connectivity index (χ0n) is 22.5. The fraction of sp³-hybridized carbons (Fsp3) is 0.483. The molecule has 37 heavy (non-hydrogen) atoms. The average Bonchev–Trinajstić information content (AvgIpc) is 3.63. The highest BCUT2D eigenvalue weighted by molar-refractivity contribution is 5.91. The van der Waals surface area contributed by atoms with Crippen LogP contribution in [0.2, 0.25) is 0 Å². The molecule has 8 nitrogen and oxygen atoms in total. The maximum atomic E-state index is 5.15. The monoisotopic (exact) mass is 498 g/mol. The lowest BCUT2D eigenvalue weighted by Crippen LogP contribution is -2.31. The molecule has 1 aromatic carbocycles. The van der Waals surface area contributed by atoms with E-state index < -0.39 is 0 Å². The number of hydrogen-bond acceptors (Lipinski definition) is 6. The van der Waals surface area contributed by atoms with Crippen molar-refractivity contribution in [2.45, 2.75) is 51.2 Å². The molecule has 0 amide bonds. The molecule has 2 aliphatic heterocycles. The first-order chi connectivity index (χ1) is 17.9. The number of likely N-dealkylation sites (tertiary alicyclic amines) is 1. The Bertz CT molecular complexity index is 1380. The lowest BCUT2D eigenvalue weighted by Gasteiger charge is -2.28. The minimum absolute atomic E-state index is 0.461. The number of piperidine rings is 1. The maximum absolute atomic E-state index is 5.15. The van der Waals surface area contributed by atoms with Gasteiger partial charge in [-0.15, -0.1) is 0 Å². The molecule has 5 heterocycles. The molecule has 1 N–H and O–H groups in total. The lowest BCUT2D eigenvalue weighted by atomic mass is 10.0. The quantitative estimate of drug-likeness (QED) is 0.412. The van der Waals surface area contributed by atoms with E-state index in [2.05, 4.69) is 76.8 Å². The molecular formula is C29H38N8. The molecule has 2 aliphatic rings. The Kier molecular flexibility index (Phi) is 6.46. The van der Waals surface area contributed by atoms with E-state index in [1.807, 2.05) is 18.6 Å². The average molecular weight is 499 g/mol. The van der Waals surface area contributed by atoms with Crippen LogP contribution in [0.4, 0.5) is 5.69 Å². The molecule has 8 heteroatoms. The topological polar surface area (TPSA) is 69.1 Å². The predicted octanol–water partition coefficient (Wildman–Crippen LogP) is 4.81. The van der Waals surface area contributed by atoms with Gasteiger partial charge in [-0.05, 0) is 90.6 Å². The minimum atomic E-state index is 0.461. The van der Waals surface area contributed by atoms with Gasteiger partial charge in [0.1, 0.15) is 5.52 Å². The van der Waals surface area contributed by atoms with E-state index in [-0.39, 0.29) is 0 Å². The zero-order valence-corrected chi connectivity index (χ0v) is 22.5. The molecule has 0 aliphatic carbocycles. The van der Waals surface area contributed by atoms with E-state index in [1.165, 1.54) is 24.1 Å². The summed E-state index contributed by atoms with van der Waals surface area (Å²) in [5.74, 6) is 0. The molecule has 0 spiro atoms. The number of aromatic amines is 1. The third-order valence-corrected chi connectivity index (χ3v) is 8.01. The molecule has 2 saturated heterocycles.